The summed E-state index contributed by atoms with van der Waals surface area (Å²) in [6, 6.07) is 7.70. The maximum absolute atomic E-state index is 12.4. The highest BCUT2D eigenvalue weighted by atomic mass is 16.5. The smallest absolute Gasteiger partial charge is 0.245 e. The molecule has 5 heteroatoms. The third kappa shape index (κ3) is 3.24. The molecule has 1 aliphatic heterocycles. The molecule has 0 aromatic heterocycles. The molecular formula is C14H20N2O3. The van der Waals surface area contributed by atoms with Gasteiger partial charge in [-0.15, -0.1) is 0 Å². The van der Waals surface area contributed by atoms with Crippen LogP contribution < -0.4 is 5.32 Å². The molecule has 1 unspecified atom stereocenters. The van der Waals surface area contributed by atoms with E-state index in [-0.39, 0.29) is 18.6 Å². The average Bonchev–Trinajstić information content (AvgIpc) is 2.86. The van der Waals surface area contributed by atoms with Gasteiger partial charge in [0, 0.05) is 32.3 Å². The number of rotatable bonds is 6. The third-order valence-corrected chi connectivity index (χ3v) is 3.32. The van der Waals surface area contributed by atoms with E-state index in [4.69, 9.17) is 9.84 Å². The number of fused-ring (bicyclic) bond motifs is 1. The van der Waals surface area contributed by atoms with Crippen LogP contribution in [0, 0.1) is 0 Å². The molecule has 5 nitrogen and oxygen atoms in total. The van der Waals surface area contributed by atoms with Gasteiger partial charge < -0.3 is 20.1 Å². The standard InChI is InChI=1S/C14H20N2O3/c1-19-9-7-16(6-8-17)14(18)13-10-11-4-2-3-5-12(11)15-13/h2-5,13,15,17H,6-10H2,1H3. The fraction of sp³-hybridized carbons (Fsp3) is 0.500. The van der Waals surface area contributed by atoms with E-state index in [2.05, 4.69) is 5.32 Å². The number of para-hydroxylation sites is 1. The molecule has 104 valence electrons. The minimum Gasteiger partial charge on any atom is -0.395 e. The first-order chi connectivity index (χ1) is 9.26. The summed E-state index contributed by atoms with van der Waals surface area (Å²) >= 11 is 0. The average molecular weight is 264 g/mol. The number of aliphatic hydroxyl groups is 1. The van der Waals surface area contributed by atoms with E-state index < -0.39 is 0 Å². The summed E-state index contributed by atoms with van der Waals surface area (Å²) in [4.78, 5) is 14.1. The Morgan fingerprint density at radius 1 is 1.47 bits per heavy atom. The van der Waals surface area contributed by atoms with E-state index in [1.807, 2.05) is 24.3 Å². The summed E-state index contributed by atoms with van der Waals surface area (Å²) in [6.45, 7) is 1.29. The number of amides is 1. The molecule has 0 saturated carbocycles. The van der Waals surface area contributed by atoms with Gasteiger partial charge in [0.05, 0.1) is 13.2 Å². The van der Waals surface area contributed by atoms with E-state index in [1.165, 1.54) is 0 Å². The zero-order valence-corrected chi connectivity index (χ0v) is 11.1. The molecule has 1 heterocycles. The number of carbonyl (C=O) groups is 1. The van der Waals surface area contributed by atoms with Crippen molar-refractivity contribution in [2.45, 2.75) is 12.5 Å². The zero-order chi connectivity index (χ0) is 13.7. The number of benzene rings is 1. The summed E-state index contributed by atoms with van der Waals surface area (Å²) in [6.07, 6.45) is 0.698. The van der Waals surface area contributed by atoms with Gasteiger partial charge in [-0.2, -0.15) is 0 Å². The van der Waals surface area contributed by atoms with Gasteiger partial charge in [0.2, 0.25) is 5.91 Å². The van der Waals surface area contributed by atoms with Crippen molar-refractivity contribution in [3.8, 4) is 0 Å². The van der Waals surface area contributed by atoms with Crippen LogP contribution in [0.3, 0.4) is 0 Å². The van der Waals surface area contributed by atoms with Crippen molar-refractivity contribution in [3.05, 3.63) is 29.8 Å². The number of aliphatic hydroxyl groups excluding tert-OH is 1. The Morgan fingerprint density at radius 2 is 2.26 bits per heavy atom. The first-order valence-corrected chi connectivity index (χ1v) is 6.49. The number of nitrogens with one attached hydrogen (secondary N) is 1. The second-order valence-electron chi connectivity index (χ2n) is 4.60. The van der Waals surface area contributed by atoms with Gasteiger partial charge in [0.15, 0.2) is 0 Å². The highest BCUT2D eigenvalue weighted by Crippen LogP contribution is 2.25. The number of anilines is 1. The van der Waals surface area contributed by atoms with Crippen LogP contribution in [-0.4, -0.2) is 55.4 Å². The van der Waals surface area contributed by atoms with E-state index >= 15 is 0 Å². The van der Waals surface area contributed by atoms with Crippen LogP contribution in [-0.2, 0) is 16.0 Å². The van der Waals surface area contributed by atoms with E-state index in [0.29, 0.717) is 26.1 Å². The molecule has 0 radical (unpaired) electrons. The third-order valence-electron chi connectivity index (χ3n) is 3.32. The van der Waals surface area contributed by atoms with Crippen molar-refractivity contribution in [2.75, 3.05) is 38.7 Å². The van der Waals surface area contributed by atoms with Crippen molar-refractivity contribution in [1.82, 2.24) is 4.90 Å². The highest BCUT2D eigenvalue weighted by Gasteiger charge is 2.29. The summed E-state index contributed by atoms with van der Waals surface area (Å²) in [5.41, 5.74) is 2.19. The monoisotopic (exact) mass is 264 g/mol. The van der Waals surface area contributed by atoms with Gasteiger partial charge in [-0.1, -0.05) is 18.2 Å². The number of hydrogen-bond donors (Lipinski definition) is 2. The second kappa shape index (κ2) is 6.54. The van der Waals surface area contributed by atoms with Crippen molar-refractivity contribution in [3.63, 3.8) is 0 Å². The SMILES string of the molecule is COCCN(CCO)C(=O)C1Cc2ccccc2N1. The molecule has 19 heavy (non-hydrogen) atoms. The van der Waals surface area contributed by atoms with Crippen molar-refractivity contribution in [1.29, 1.82) is 0 Å². The lowest BCUT2D eigenvalue weighted by molar-refractivity contribution is -0.133. The second-order valence-corrected chi connectivity index (χ2v) is 4.60. The lowest BCUT2D eigenvalue weighted by atomic mass is 10.1. The Morgan fingerprint density at radius 3 is 2.95 bits per heavy atom. The number of nitrogens with zero attached hydrogens (tertiary/aromatic N) is 1. The molecule has 1 aromatic carbocycles. The Bertz CT molecular complexity index is 411. The molecule has 1 atom stereocenters. The molecule has 1 aromatic rings. The highest BCUT2D eigenvalue weighted by molar-refractivity contribution is 5.87. The fourth-order valence-corrected chi connectivity index (χ4v) is 2.32. The van der Waals surface area contributed by atoms with Gasteiger partial charge >= 0.3 is 0 Å². The topological polar surface area (TPSA) is 61.8 Å². The minimum absolute atomic E-state index is 0.0160. The number of methoxy groups -OCH3 is 1. The maximum Gasteiger partial charge on any atom is 0.245 e. The zero-order valence-electron chi connectivity index (χ0n) is 11.1. The van der Waals surface area contributed by atoms with Gasteiger partial charge in [-0.25, -0.2) is 0 Å². The maximum atomic E-state index is 12.4. The summed E-state index contributed by atoms with van der Waals surface area (Å²) < 4.78 is 5.00. The summed E-state index contributed by atoms with van der Waals surface area (Å²) in [5, 5.41) is 12.3. The predicted octanol–water partition coefficient (Wildman–Crippen LogP) is 0.491. The van der Waals surface area contributed by atoms with Crippen molar-refractivity contribution < 1.29 is 14.6 Å². The summed E-state index contributed by atoms with van der Waals surface area (Å²) in [5.74, 6) is 0.0160. The van der Waals surface area contributed by atoms with Crippen molar-refractivity contribution in [2.24, 2.45) is 0 Å². The number of carbonyl (C=O) groups excluding carboxylic acids is 1. The number of hydrogen-bond acceptors (Lipinski definition) is 4. The molecule has 2 N–H and O–H groups in total. The number of ether oxygens (including phenoxy) is 1. The van der Waals surface area contributed by atoms with Crippen molar-refractivity contribution >= 4 is 11.6 Å². The van der Waals surface area contributed by atoms with Crippen LogP contribution in [0.2, 0.25) is 0 Å². The molecule has 1 amide bonds. The first kappa shape index (κ1) is 13.8. The lowest BCUT2D eigenvalue weighted by Crippen LogP contribution is -2.44. The van der Waals surface area contributed by atoms with Gasteiger partial charge in [0.1, 0.15) is 6.04 Å². The lowest BCUT2D eigenvalue weighted by Gasteiger charge is -2.24. The Balaban J connectivity index is 1.99. The van der Waals surface area contributed by atoms with Crippen LogP contribution in [0.5, 0.6) is 0 Å². The van der Waals surface area contributed by atoms with E-state index in [9.17, 15) is 4.79 Å². The van der Waals surface area contributed by atoms with Gasteiger partial charge in [0.25, 0.3) is 0 Å². The van der Waals surface area contributed by atoms with Gasteiger partial charge in [-0.3, -0.25) is 4.79 Å². The van der Waals surface area contributed by atoms with Crippen LogP contribution >= 0.6 is 0 Å². The quantitative estimate of drug-likeness (QED) is 0.785. The normalized spacial score (nSPS) is 16.8. The van der Waals surface area contributed by atoms with Crippen LogP contribution in [0.1, 0.15) is 5.56 Å². The van der Waals surface area contributed by atoms with E-state index in [0.717, 1.165) is 11.3 Å². The fourth-order valence-electron chi connectivity index (χ4n) is 2.32. The van der Waals surface area contributed by atoms with E-state index in [1.54, 1.807) is 12.0 Å². The summed E-state index contributed by atoms with van der Waals surface area (Å²) in [7, 11) is 1.60. The van der Waals surface area contributed by atoms with Crippen LogP contribution in [0.25, 0.3) is 0 Å². The van der Waals surface area contributed by atoms with Crippen LogP contribution in [0.4, 0.5) is 5.69 Å². The minimum atomic E-state index is -0.235. The predicted molar refractivity (Wildman–Crippen MR) is 73.1 cm³/mol. The molecule has 0 aliphatic carbocycles. The molecule has 1 aliphatic rings. The van der Waals surface area contributed by atoms with Gasteiger partial charge in [-0.05, 0) is 11.6 Å². The molecular weight excluding hydrogens is 244 g/mol. The molecule has 0 fully saturated rings. The Hall–Kier alpha value is -1.59. The Labute approximate surface area is 113 Å². The molecule has 0 spiro atoms. The molecule has 0 saturated heterocycles. The molecule has 2 rings (SSSR count). The first-order valence-electron chi connectivity index (χ1n) is 6.49. The molecule has 0 bridgehead atoms. The van der Waals surface area contributed by atoms with Crippen LogP contribution in [0.15, 0.2) is 24.3 Å². The largest absolute Gasteiger partial charge is 0.395 e. The Kier molecular flexibility index (Phi) is 4.76.